The van der Waals surface area contributed by atoms with Crippen LogP contribution in [0.25, 0.3) is 0 Å². The lowest BCUT2D eigenvalue weighted by molar-refractivity contribution is -0.132. The lowest BCUT2D eigenvalue weighted by atomic mass is 9.88. The van der Waals surface area contributed by atoms with Crippen molar-refractivity contribution in [3.05, 3.63) is 53.1 Å². The van der Waals surface area contributed by atoms with Crippen LogP contribution in [-0.4, -0.2) is 34.1 Å². The van der Waals surface area contributed by atoms with Gasteiger partial charge in [0.15, 0.2) is 0 Å². The highest BCUT2D eigenvalue weighted by Crippen LogP contribution is 2.38. The van der Waals surface area contributed by atoms with Gasteiger partial charge in [-0.15, -0.1) is 0 Å². The van der Waals surface area contributed by atoms with Gasteiger partial charge < -0.3 is 4.74 Å². The SMILES string of the molecule is COC(CC(=O)NO)C(Cc1ccc(F)c(C)c1)c1ccnn1C1CC1. The van der Waals surface area contributed by atoms with Crippen LogP contribution in [0, 0.1) is 12.7 Å². The summed E-state index contributed by atoms with van der Waals surface area (Å²) in [6.07, 6.45) is 4.10. The largest absolute Gasteiger partial charge is 0.380 e. The normalized spacial score (nSPS) is 16.3. The second-order valence-corrected chi connectivity index (χ2v) is 6.84. The lowest BCUT2D eigenvalue weighted by Crippen LogP contribution is -2.32. The Bertz CT molecular complexity index is 773. The van der Waals surface area contributed by atoms with Crippen LogP contribution in [0.2, 0.25) is 0 Å². The molecule has 0 radical (unpaired) electrons. The first kappa shape index (κ1) is 18.5. The summed E-state index contributed by atoms with van der Waals surface area (Å²) in [4.78, 5) is 11.7. The molecule has 1 fully saturated rings. The number of ether oxygens (including phenoxy) is 1. The number of halogens is 1. The molecule has 1 aromatic carbocycles. The predicted molar refractivity (Wildman–Crippen MR) is 93.4 cm³/mol. The maximum absolute atomic E-state index is 13.6. The molecule has 2 aromatic rings. The number of carbonyl (C=O) groups is 1. The third kappa shape index (κ3) is 4.11. The van der Waals surface area contributed by atoms with E-state index in [1.165, 1.54) is 6.07 Å². The highest BCUT2D eigenvalue weighted by atomic mass is 19.1. The molecule has 0 spiro atoms. The second-order valence-electron chi connectivity index (χ2n) is 6.84. The van der Waals surface area contributed by atoms with E-state index in [1.807, 2.05) is 16.8 Å². The topological polar surface area (TPSA) is 76.4 Å². The van der Waals surface area contributed by atoms with E-state index in [0.717, 1.165) is 24.1 Å². The number of benzene rings is 1. The van der Waals surface area contributed by atoms with Crippen molar-refractivity contribution in [1.29, 1.82) is 0 Å². The Morgan fingerprint density at radius 3 is 2.85 bits per heavy atom. The van der Waals surface area contributed by atoms with E-state index in [4.69, 9.17) is 9.94 Å². The number of rotatable bonds is 8. The van der Waals surface area contributed by atoms with Gasteiger partial charge in [0, 0.05) is 24.9 Å². The summed E-state index contributed by atoms with van der Waals surface area (Å²) in [7, 11) is 1.55. The predicted octanol–water partition coefficient (Wildman–Crippen LogP) is 2.90. The fraction of sp³-hybridized carbons (Fsp3) is 0.474. The number of methoxy groups -OCH3 is 1. The quantitative estimate of drug-likeness (QED) is 0.560. The zero-order chi connectivity index (χ0) is 18.7. The number of hydrogen-bond donors (Lipinski definition) is 2. The second kappa shape index (κ2) is 7.97. The van der Waals surface area contributed by atoms with Crippen molar-refractivity contribution in [2.75, 3.05) is 7.11 Å². The van der Waals surface area contributed by atoms with Crippen molar-refractivity contribution < 1.29 is 19.1 Å². The molecule has 0 saturated heterocycles. The molecule has 1 aromatic heterocycles. The van der Waals surface area contributed by atoms with Crippen LogP contribution >= 0.6 is 0 Å². The summed E-state index contributed by atoms with van der Waals surface area (Å²) in [6.45, 7) is 1.73. The van der Waals surface area contributed by atoms with E-state index in [-0.39, 0.29) is 18.2 Å². The lowest BCUT2D eigenvalue weighted by Gasteiger charge is -2.26. The first-order valence-corrected chi connectivity index (χ1v) is 8.77. The van der Waals surface area contributed by atoms with E-state index in [1.54, 1.807) is 31.8 Å². The van der Waals surface area contributed by atoms with Gasteiger partial charge in [0.1, 0.15) is 5.82 Å². The van der Waals surface area contributed by atoms with Crippen LogP contribution in [-0.2, 0) is 16.0 Å². The molecule has 1 aliphatic rings. The van der Waals surface area contributed by atoms with Gasteiger partial charge in [-0.2, -0.15) is 5.10 Å². The molecular formula is C19H24FN3O3. The van der Waals surface area contributed by atoms with Gasteiger partial charge >= 0.3 is 0 Å². The van der Waals surface area contributed by atoms with Crippen LogP contribution in [0.15, 0.2) is 30.5 Å². The highest BCUT2D eigenvalue weighted by molar-refractivity contribution is 5.75. The van der Waals surface area contributed by atoms with Crippen molar-refractivity contribution >= 4 is 5.91 Å². The van der Waals surface area contributed by atoms with Crippen LogP contribution in [0.3, 0.4) is 0 Å². The Kier molecular flexibility index (Phi) is 5.68. The molecule has 0 aliphatic heterocycles. The summed E-state index contributed by atoms with van der Waals surface area (Å²) in [5.41, 5.74) is 4.21. The zero-order valence-electron chi connectivity index (χ0n) is 15.0. The number of nitrogens with zero attached hydrogens (tertiary/aromatic N) is 2. The summed E-state index contributed by atoms with van der Waals surface area (Å²) >= 11 is 0. The molecule has 3 rings (SSSR count). The average Bonchev–Trinajstić information content (AvgIpc) is 3.37. The third-order valence-corrected chi connectivity index (χ3v) is 4.91. The summed E-state index contributed by atoms with van der Waals surface area (Å²) in [5, 5.41) is 13.3. The minimum absolute atomic E-state index is 0.0215. The van der Waals surface area contributed by atoms with Crippen molar-refractivity contribution in [3.63, 3.8) is 0 Å². The van der Waals surface area contributed by atoms with Gasteiger partial charge in [-0.05, 0) is 49.4 Å². The third-order valence-electron chi connectivity index (χ3n) is 4.91. The Hall–Kier alpha value is -2.25. The van der Waals surface area contributed by atoms with Crippen LogP contribution in [0.4, 0.5) is 4.39 Å². The first-order valence-electron chi connectivity index (χ1n) is 8.77. The van der Waals surface area contributed by atoms with E-state index in [2.05, 4.69) is 5.10 Å². The van der Waals surface area contributed by atoms with E-state index >= 15 is 0 Å². The zero-order valence-corrected chi connectivity index (χ0v) is 15.0. The molecule has 1 heterocycles. The van der Waals surface area contributed by atoms with E-state index in [9.17, 15) is 9.18 Å². The van der Waals surface area contributed by atoms with Crippen molar-refractivity contribution in [3.8, 4) is 0 Å². The van der Waals surface area contributed by atoms with Crippen LogP contribution < -0.4 is 5.48 Å². The molecule has 2 unspecified atom stereocenters. The molecule has 6 nitrogen and oxygen atoms in total. The summed E-state index contributed by atoms with van der Waals surface area (Å²) in [5.74, 6) is -0.892. The highest BCUT2D eigenvalue weighted by Gasteiger charge is 2.33. The Balaban J connectivity index is 1.92. The fourth-order valence-corrected chi connectivity index (χ4v) is 3.37. The van der Waals surface area contributed by atoms with Crippen LogP contribution in [0.1, 0.15) is 48.0 Å². The molecule has 2 atom stereocenters. The van der Waals surface area contributed by atoms with E-state index in [0.29, 0.717) is 18.0 Å². The van der Waals surface area contributed by atoms with Crippen molar-refractivity contribution in [2.24, 2.45) is 0 Å². The Morgan fingerprint density at radius 2 is 2.23 bits per heavy atom. The molecule has 26 heavy (non-hydrogen) atoms. The maximum atomic E-state index is 13.6. The van der Waals surface area contributed by atoms with Gasteiger partial charge in [-0.25, -0.2) is 9.87 Å². The maximum Gasteiger partial charge on any atom is 0.245 e. The smallest absolute Gasteiger partial charge is 0.245 e. The molecule has 7 heteroatoms. The Morgan fingerprint density at radius 1 is 1.46 bits per heavy atom. The number of amides is 1. The van der Waals surface area contributed by atoms with Gasteiger partial charge in [0.2, 0.25) is 5.91 Å². The van der Waals surface area contributed by atoms with Crippen LogP contribution in [0.5, 0.6) is 0 Å². The van der Waals surface area contributed by atoms with Crippen molar-refractivity contribution in [1.82, 2.24) is 15.3 Å². The minimum atomic E-state index is -0.505. The Labute approximate surface area is 151 Å². The van der Waals surface area contributed by atoms with Gasteiger partial charge in [-0.3, -0.25) is 14.7 Å². The number of carbonyl (C=O) groups excluding carboxylic acids is 1. The number of aromatic nitrogens is 2. The number of hydrogen-bond acceptors (Lipinski definition) is 4. The van der Waals surface area contributed by atoms with Crippen molar-refractivity contribution in [2.45, 2.75) is 50.7 Å². The number of aryl methyl sites for hydroxylation is 1. The molecule has 2 N–H and O–H groups in total. The number of hydroxylamine groups is 1. The van der Waals surface area contributed by atoms with Gasteiger partial charge in [0.05, 0.1) is 18.6 Å². The van der Waals surface area contributed by atoms with E-state index < -0.39 is 12.0 Å². The fourth-order valence-electron chi connectivity index (χ4n) is 3.37. The van der Waals surface area contributed by atoms with Gasteiger partial charge in [-0.1, -0.05) is 12.1 Å². The summed E-state index contributed by atoms with van der Waals surface area (Å²) in [6, 6.07) is 7.37. The monoisotopic (exact) mass is 361 g/mol. The molecule has 0 bridgehead atoms. The molecular weight excluding hydrogens is 337 g/mol. The van der Waals surface area contributed by atoms with Gasteiger partial charge in [0.25, 0.3) is 0 Å². The standard InChI is InChI=1S/C19H24FN3O3/c1-12-9-13(3-6-16(12)20)10-15(18(26-2)11-19(24)22-25)17-7-8-21-23(17)14-4-5-14/h3,6-9,14-15,18,25H,4-5,10-11H2,1-2H3,(H,22,24). The molecule has 1 amide bonds. The molecule has 1 saturated carbocycles. The molecule has 140 valence electrons. The number of nitrogens with one attached hydrogen (secondary N) is 1. The summed E-state index contributed by atoms with van der Waals surface area (Å²) < 4.78 is 21.2. The average molecular weight is 361 g/mol. The minimum Gasteiger partial charge on any atom is -0.380 e. The first-order chi connectivity index (χ1) is 12.5. The molecule has 1 aliphatic carbocycles.